The van der Waals surface area contributed by atoms with E-state index in [9.17, 15) is 10.1 Å². The molecule has 5 heteroatoms. The molecule has 0 aliphatic heterocycles. The quantitative estimate of drug-likeness (QED) is 0.287. The van der Waals surface area contributed by atoms with E-state index in [4.69, 9.17) is 15.9 Å². The highest BCUT2D eigenvalue weighted by Crippen LogP contribution is 2.34. The van der Waals surface area contributed by atoms with Crippen molar-refractivity contribution in [2.45, 2.75) is 20.3 Å². The third-order valence-electron chi connectivity index (χ3n) is 4.07. The molecule has 0 aliphatic carbocycles. The lowest BCUT2D eigenvalue weighted by atomic mass is 10.0. The number of aryl methyl sites for hydroxylation is 1. The van der Waals surface area contributed by atoms with Gasteiger partial charge >= 0.3 is 0 Å². The molecule has 1 amide bonds. The zero-order valence-electron chi connectivity index (χ0n) is 17.2. The summed E-state index contributed by atoms with van der Waals surface area (Å²) >= 11 is 0. The first kappa shape index (κ1) is 22.3. The number of terminal acetylenes is 1. The van der Waals surface area contributed by atoms with E-state index in [1.165, 1.54) is 6.08 Å². The van der Waals surface area contributed by atoms with Gasteiger partial charge in [0, 0.05) is 11.3 Å². The Bertz CT molecular complexity index is 1040. The molecule has 0 bridgehead atoms. The molecule has 2 aromatic carbocycles. The molecule has 152 valence electrons. The number of amides is 1. The van der Waals surface area contributed by atoms with Gasteiger partial charge < -0.3 is 14.8 Å². The van der Waals surface area contributed by atoms with E-state index in [2.05, 4.69) is 17.8 Å². The lowest BCUT2D eigenvalue weighted by Crippen LogP contribution is -2.13. The number of hydrogen-bond acceptors (Lipinski definition) is 4. The standard InChI is InChI=1S/C25H24N2O3/c1-5-9-20-14-19(16-23(29-7-3)24(20)30-12-6-2)15-21(17-26)25(28)27-22-11-8-10-18(4)13-22/h2,5,8,10-11,13-16H,1,7,9,12H2,3-4H3,(H,27,28)/b21-15+. The highest BCUT2D eigenvalue weighted by Gasteiger charge is 2.15. The Morgan fingerprint density at radius 3 is 2.73 bits per heavy atom. The van der Waals surface area contributed by atoms with Crippen LogP contribution in [0.5, 0.6) is 11.5 Å². The van der Waals surface area contributed by atoms with E-state index in [1.807, 2.05) is 44.2 Å². The van der Waals surface area contributed by atoms with Gasteiger partial charge in [-0.3, -0.25) is 4.79 Å². The third kappa shape index (κ3) is 6.02. The Labute approximate surface area is 177 Å². The van der Waals surface area contributed by atoms with Crippen molar-refractivity contribution in [3.63, 3.8) is 0 Å². The zero-order valence-corrected chi connectivity index (χ0v) is 17.2. The van der Waals surface area contributed by atoms with E-state index < -0.39 is 5.91 Å². The predicted molar refractivity (Wildman–Crippen MR) is 119 cm³/mol. The molecule has 0 aliphatic rings. The number of benzene rings is 2. The number of nitrogens with zero attached hydrogens (tertiary/aromatic N) is 1. The molecule has 0 fully saturated rings. The first-order valence-corrected chi connectivity index (χ1v) is 9.49. The van der Waals surface area contributed by atoms with Gasteiger partial charge in [-0.15, -0.1) is 13.0 Å². The number of anilines is 1. The summed E-state index contributed by atoms with van der Waals surface area (Å²) in [7, 11) is 0. The third-order valence-corrected chi connectivity index (χ3v) is 4.07. The fourth-order valence-electron chi connectivity index (χ4n) is 2.85. The van der Waals surface area contributed by atoms with Crippen molar-refractivity contribution in [1.29, 1.82) is 5.26 Å². The molecule has 0 saturated carbocycles. The molecule has 5 nitrogen and oxygen atoms in total. The van der Waals surface area contributed by atoms with Gasteiger partial charge in [-0.25, -0.2) is 0 Å². The van der Waals surface area contributed by atoms with Gasteiger partial charge in [0.05, 0.1) is 6.61 Å². The first-order valence-electron chi connectivity index (χ1n) is 9.49. The summed E-state index contributed by atoms with van der Waals surface area (Å²) in [5.74, 6) is 2.99. The van der Waals surface area contributed by atoms with Crippen molar-refractivity contribution in [1.82, 2.24) is 0 Å². The van der Waals surface area contributed by atoms with Crippen molar-refractivity contribution in [3.05, 3.63) is 71.3 Å². The number of ether oxygens (including phenoxy) is 2. The van der Waals surface area contributed by atoms with Crippen LogP contribution in [0.15, 0.2) is 54.6 Å². The molecule has 0 unspecified atom stereocenters. The average molecular weight is 400 g/mol. The minimum atomic E-state index is -0.487. The van der Waals surface area contributed by atoms with Crippen LogP contribution in [0.2, 0.25) is 0 Å². The summed E-state index contributed by atoms with van der Waals surface area (Å²) in [6.07, 6.45) is 9.08. The maximum atomic E-state index is 12.6. The molecule has 2 aromatic rings. The molecule has 0 saturated heterocycles. The summed E-state index contributed by atoms with van der Waals surface area (Å²) in [4.78, 5) is 12.6. The van der Waals surface area contributed by atoms with E-state index >= 15 is 0 Å². The highest BCUT2D eigenvalue weighted by molar-refractivity contribution is 6.09. The van der Waals surface area contributed by atoms with E-state index in [1.54, 1.807) is 18.2 Å². The number of nitriles is 1. The maximum absolute atomic E-state index is 12.6. The molecule has 0 radical (unpaired) electrons. The van der Waals surface area contributed by atoms with Gasteiger partial charge in [0.15, 0.2) is 11.5 Å². The van der Waals surface area contributed by atoms with Crippen LogP contribution >= 0.6 is 0 Å². The van der Waals surface area contributed by atoms with Gasteiger partial charge in [0.1, 0.15) is 18.2 Å². The summed E-state index contributed by atoms with van der Waals surface area (Å²) < 4.78 is 11.4. The van der Waals surface area contributed by atoms with Crippen LogP contribution in [0.1, 0.15) is 23.6 Å². The summed E-state index contributed by atoms with van der Waals surface area (Å²) in [5, 5.41) is 12.3. The number of allylic oxidation sites excluding steroid dienone is 1. The van der Waals surface area contributed by atoms with Crippen LogP contribution in [-0.4, -0.2) is 19.1 Å². The average Bonchev–Trinajstić information content (AvgIpc) is 2.72. The summed E-state index contributed by atoms with van der Waals surface area (Å²) in [5.41, 5.74) is 3.05. The molecule has 1 N–H and O–H groups in total. The minimum Gasteiger partial charge on any atom is -0.490 e. The molecule has 0 heterocycles. The SMILES string of the molecule is C#CCOc1c(CC=C)cc(/C=C(\C#N)C(=O)Nc2cccc(C)c2)cc1OCC. The van der Waals surface area contributed by atoms with Crippen LogP contribution in [0.25, 0.3) is 6.08 Å². The Morgan fingerprint density at radius 2 is 2.10 bits per heavy atom. The summed E-state index contributed by atoms with van der Waals surface area (Å²) in [6, 6.07) is 12.9. The Balaban J connectivity index is 2.42. The van der Waals surface area contributed by atoms with Crippen LogP contribution in [0, 0.1) is 30.6 Å². The monoisotopic (exact) mass is 400 g/mol. The number of carbonyl (C=O) groups is 1. The fraction of sp³-hybridized carbons (Fsp3) is 0.200. The van der Waals surface area contributed by atoms with Crippen molar-refractivity contribution in [2.24, 2.45) is 0 Å². The predicted octanol–water partition coefficient (Wildman–Crippen LogP) is 4.68. The van der Waals surface area contributed by atoms with Crippen molar-refractivity contribution in [2.75, 3.05) is 18.5 Å². The maximum Gasteiger partial charge on any atom is 0.266 e. The second-order valence-corrected chi connectivity index (χ2v) is 6.42. The van der Waals surface area contributed by atoms with Crippen LogP contribution in [0.3, 0.4) is 0 Å². The Kier molecular flexibility index (Phi) is 8.29. The van der Waals surface area contributed by atoms with Crippen LogP contribution in [-0.2, 0) is 11.2 Å². The number of hydrogen-bond donors (Lipinski definition) is 1. The van der Waals surface area contributed by atoms with Gasteiger partial charge in [-0.05, 0) is 61.7 Å². The molecular formula is C25H24N2O3. The van der Waals surface area contributed by atoms with Crippen molar-refractivity contribution >= 4 is 17.7 Å². The molecule has 0 atom stereocenters. The molecule has 0 spiro atoms. The van der Waals surface area contributed by atoms with Crippen molar-refractivity contribution in [3.8, 4) is 29.9 Å². The molecule has 2 rings (SSSR count). The normalized spacial score (nSPS) is 10.5. The van der Waals surface area contributed by atoms with E-state index in [-0.39, 0.29) is 12.2 Å². The Morgan fingerprint density at radius 1 is 1.30 bits per heavy atom. The topological polar surface area (TPSA) is 71.3 Å². The number of rotatable bonds is 9. The van der Waals surface area contributed by atoms with E-state index in [0.717, 1.165) is 11.1 Å². The van der Waals surface area contributed by atoms with Crippen LogP contribution in [0.4, 0.5) is 5.69 Å². The largest absolute Gasteiger partial charge is 0.490 e. The van der Waals surface area contributed by atoms with E-state index in [0.29, 0.717) is 35.8 Å². The van der Waals surface area contributed by atoms with Gasteiger partial charge in [-0.2, -0.15) is 5.26 Å². The second-order valence-electron chi connectivity index (χ2n) is 6.42. The highest BCUT2D eigenvalue weighted by atomic mass is 16.5. The van der Waals surface area contributed by atoms with Gasteiger partial charge in [0.25, 0.3) is 5.91 Å². The van der Waals surface area contributed by atoms with Gasteiger partial charge in [-0.1, -0.05) is 24.1 Å². The first-order chi connectivity index (χ1) is 14.5. The lowest BCUT2D eigenvalue weighted by Gasteiger charge is -2.15. The number of carbonyl (C=O) groups excluding carboxylic acids is 1. The summed E-state index contributed by atoms with van der Waals surface area (Å²) in [6.45, 7) is 8.08. The molecule has 0 aromatic heterocycles. The van der Waals surface area contributed by atoms with Crippen LogP contribution < -0.4 is 14.8 Å². The zero-order chi connectivity index (χ0) is 21.9. The second kappa shape index (κ2) is 11.1. The van der Waals surface area contributed by atoms with Gasteiger partial charge in [0.2, 0.25) is 0 Å². The molecule has 30 heavy (non-hydrogen) atoms. The smallest absolute Gasteiger partial charge is 0.266 e. The van der Waals surface area contributed by atoms with Crippen molar-refractivity contribution < 1.29 is 14.3 Å². The number of nitrogens with one attached hydrogen (secondary N) is 1. The minimum absolute atomic E-state index is 0.0270. The fourth-order valence-corrected chi connectivity index (χ4v) is 2.85. The molecular weight excluding hydrogens is 376 g/mol. The lowest BCUT2D eigenvalue weighted by molar-refractivity contribution is -0.112. The Hall–Kier alpha value is -3.96.